The molecule has 20 heavy (non-hydrogen) atoms. The van der Waals surface area contributed by atoms with Crippen LogP contribution in [0.5, 0.6) is 5.75 Å². The highest BCUT2D eigenvalue weighted by atomic mass is 32.1. The zero-order valence-electron chi connectivity index (χ0n) is 11.0. The van der Waals surface area contributed by atoms with Crippen LogP contribution in [0.25, 0.3) is 10.8 Å². The molecule has 0 aliphatic heterocycles. The van der Waals surface area contributed by atoms with E-state index in [9.17, 15) is 4.79 Å². The van der Waals surface area contributed by atoms with Crippen molar-refractivity contribution in [3.05, 3.63) is 42.5 Å². The molecule has 0 unspecified atom stereocenters. The van der Waals surface area contributed by atoms with E-state index < -0.39 is 0 Å². The van der Waals surface area contributed by atoms with E-state index in [0.29, 0.717) is 10.9 Å². The monoisotopic (exact) mass is 289 g/mol. The van der Waals surface area contributed by atoms with Gasteiger partial charge in [0.15, 0.2) is 11.7 Å². The topological polar surface area (TPSA) is 62.4 Å². The van der Waals surface area contributed by atoms with Crippen LogP contribution >= 0.6 is 12.2 Å². The van der Waals surface area contributed by atoms with Gasteiger partial charge in [0.05, 0.1) is 0 Å². The smallest absolute Gasteiger partial charge is 0.276 e. The van der Waals surface area contributed by atoms with E-state index in [1.807, 2.05) is 42.5 Å². The molecule has 2 rings (SSSR count). The summed E-state index contributed by atoms with van der Waals surface area (Å²) in [7, 11) is 1.66. The fourth-order valence-corrected chi connectivity index (χ4v) is 1.68. The molecule has 0 bridgehead atoms. The van der Waals surface area contributed by atoms with Crippen LogP contribution in [-0.4, -0.2) is 24.7 Å². The predicted molar refractivity (Wildman–Crippen MR) is 82.4 cm³/mol. The summed E-state index contributed by atoms with van der Waals surface area (Å²) in [6.07, 6.45) is 0. The van der Waals surface area contributed by atoms with Crippen molar-refractivity contribution in [1.29, 1.82) is 0 Å². The summed E-state index contributed by atoms with van der Waals surface area (Å²) in [5, 5.41) is 5.22. The lowest BCUT2D eigenvalue weighted by Crippen LogP contribution is -2.47. The standard InChI is InChI=1S/C14H15N3O2S/c1-15-14(20)17-16-13(18)9-19-12-7-6-10-4-2-3-5-11(10)8-12/h2-8H,9H2,1H3,(H,16,18)(H2,15,17,20). The summed E-state index contributed by atoms with van der Waals surface area (Å²) in [5.74, 6) is 0.339. The van der Waals surface area contributed by atoms with Gasteiger partial charge in [-0.1, -0.05) is 30.3 Å². The van der Waals surface area contributed by atoms with Crippen LogP contribution in [-0.2, 0) is 4.79 Å². The minimum absolute atomic E-state index is 0.0856. The maximum absolute atomic E-state index is 11.5. The first-order valence-corrected chi connectivity index (χ1v) is 6.48. The van der Waals surface area contributed by atoms with Crippen LogP contribution < -0.4 is 20.9 Å². The SMILES string of the molecule is CNC(=S)NNC(=O)COc1ccc2ccccc2c1. The minimum atomic E-state index is -0.309. The Bertz CT molecular complexity index is 631. The molecule has 0 saturated heterocycles. The molecule has 5 nitrogen and oxygen atoms in total. The van der Waals surface area contributed by atoms with Crippen LogP contribution in [0.4, 0.5) is 0 Å². The van der Waals surface area contributed by atoms with E-state index in [1.165, 1.54) is 0 Å². The summed E-state index contributed by atoms with van der Waals surface area (Å²) in [5.41, 5.74) is 4.96. The van der Waals surface area contributed by atoms with Crippen molar-refractivity contribution >= 4 is 34.0 Å². The van der Waals surface area contributed by atoms with Gasteiger partial charge in [0.25, 0.3) is 5.91 Å². The Morgan fingerprint density at radius 3 is 2.65 bits per heavy atom. The zero-order chi connectivity index (χ0) is 14.4. The number of hydrogen-bond acceptors (Lipinski definition) is 3. The number of benzene rings is 2. The van der Waals surface area contributed by atoms with E-state index in [1.54, 1.807) is 7.05 Å². The van der Waals surface area contributed by atoms with Gasteiger partial charge in [0.1, 0.15) is 5.75 Å². The minimum Gasteiger partial charge on any atom is -0.484 e. The molecule has 1 amide bonds. The van der Waals surface area contributed by atoms with Gasteiger partial charge in [-0.2, -0.15) is 0 Å². The van der Waals surface area contributed by atoms with Crippen molar-refractivity contribution in [1.82, 2.24) is 16.2 Å². The third-order valence-corrected chi connectivity index (χ3v) is 2.94. The Labute approximate surface area is 122 Å². The Kier molecular flexibility index (Phi) is 4.73. The number of amides is 1. The van der Waals surface area contributed by atoms with Gasteiger partial charge in [-0.25, -0.2) is 0 Å². The highest BCUT2D eigenvalue weighted by Gasteiger charge is 2.03. The van der Waals surface area contributed by atoms with E-state index in [2.05, 4.69) is 16.2 Å². The number of hydrazine groups is 1. The number of ether oxygens (including phenoxy) is 1. The second-order valence-corrected chi connectivity index (χ2v) is 4.46. The number of carbonyl (C=O) groups is 1. The van der Waals surface area contributed by atoms with Gasteiger partial charge in [-0.05, 0) is 35.1 Å². The van der Waals surface area contributed by atoms with Gasteiger partial charge in [0, 0.05) is 7.05 Å². The van der Waals surface area contributed by atoms with E-state index in [-0.39, 0.29) is 12.5 Å². The lowest BCUT2D eigenvalue weighted by Gasteiger charge is -2.10. The van der Waals surface area contributed by atoms with Crippen LogP contribution in [0.3, 0.4) is 0 Å². The third-order valence-electron chi connectivity index (χ3n) is 2.63. The van der Waals surface area contributed by atoms with Gasteiger partial charge in [0.2, 0.25) is 0 Å². The van der Waals surface area contributed by atoms with Crippen LogP contribution in [0.1, 0.15) is 0 Å². The number of carbonyl (C=O) groups excluding carboxylic acids is 1. The molecule has 0 heterocycles. The number of rotatable bonds is 3. The lowest BCUT2D eigenvalue weighted by molar-refractivity contribution is -0.123. The van der Waals surface area contributed by atoms with E-state index in [0.717, 1.165) is 10.8 Å². The number of thiocarbonyl (C=S) groups is 1. The fourth-order valence-electron chi connectivity index (χ4n) is 1.63. The number of nitrogens with one attached hydrogen (secondary N) is 3. The van der Waals surface area contributed by atoms with Crippen molar-refractivity contribution in [2.45, 2.75) is 0 Å². The van der Waals surface area contributed by atoms with Crippen molar-refractivity contribution in [2.75, 3.05) is 13.7 Å². The molecular formula is C14H15N3O2S. The average molecular weight is 289 g/mol. The Morgan fingerprint density at radius 1 is 1.15 bits per heavy atom. The quantitative estimate of drug-likeness (QED) is 0.588. The van der Waals surface area contributed by atoms with Gasteiger partial charge >= 0.3 is 0 Å². The van der Waals surface area contributed by atoms with Crippen LogP contribution in [0, 0.1) is 0 Å². The molecule has 0 spiro atoms. The molecular weight excluding hydrogens is 274 g/mol. The van der Waals surface area contributed by atoms with E-state index >= 15 is 0 Å². The maximum atomic E-state index is 11.5. The fraction of sp³-hybridized carbons (Fsp3) is 0.143. The molecule has 0 atom stereocenters. The largest absolute Gasteiger partial charge is 0.484 e. The molecule has 0 aromatic heterocycles. The van der Waals surface area contributed by atoms with Crippen molar-refractivity contribution < 1.29 is 9.53 Å². The van der Waals surface area contributed by atoms with Crippen LogP contribution in [0.2, 0.25) is 0 Å². The number of fused-ring (bicyclic) bond motifs is 1. The molecule has 0 radical (unpaired) electrons. The Balaban J connectivity index is 1.89. The molecule has 104 valence electrons. The second kappa shape index (κ2) is 6.72. The lowest BCUT2D eigenvalue weighted by atomic mass is 10.1. The van der Waals surface area contributed by atoms with Crippen molar-refractivity contribution in [3.8, 4) is 5.75 Å². The third kappa shape index (κ3) is 3.83. The summed E-state index contributed by atoms with van der Waals surface area (Å²) >= 11 is 4.83. The highest BCUT2D eigenvalue weighted by molar-refractivity contribution is 7.80. The Morgan fingerprint density at radius 2 is 1.90 bits per heavy atom. The first-order valence-electron chi connectivity index (χ1n) is 6.07. The maximum Gasteiger partial charge on any atom is 0.276 e. The van der Waals surface area contributed by atoms with Gasteiger partial charge in [-0.3, -0.25) is 15.6 Å². The summed E-state index contributed by atoms with van der Waals surface area (Å²) in [6, 6.07) is 13.6. The summed E-state index contributed by atoms with van der Waals surface area (Å²) in [4.78, 5) is 11.5. The van der Waals surface area contributed by atoms with Gasteiger partial charge in [-0.15, -0.1) is 0 Å². The second-order valence-electron chi connectivity index (χ2n) is 4.05. The molecule has 0 aliphatic carbocycles. The first-order chi connectivity index (χ1) is 9.69. The predicted octanol–water partition coefficient (Wildman–Crippen LogP) is 1.34. The zero-order valence-corrected chi connectivity index (χ0v) is 11.8. The van der Waals surface area contributed by atoms with Crippen molar-refractivity contribution in [3.63, 3.8) is 0 Å². The molecule has 2 aromatic rings. The molecule has 0 fully saturated rings. The summed E-state index contributed by atoms with van der Waals surface area (Å²) in [6.45, 7) is -0.0856. The molecule has 0 aliphatic rings. The molecule has 0 saturated carbocycles. The van der Waals surface area contributed by atoms with Crippen molar-refractivity contribution in [2.24, 2.45) is 0 Å². The molecule has 2 aromatic carbocycles. The summed E-state index contributed by atoms with van der Waals surface area (Å²) < 4.78 is 5.43. The van der Waals surface area contributed by atoms with E-state index in [4.69, 9.17) is 17.0 Å². The normalized spacial score (nSPS) is 9.85. The Hall–Kier alpha value is -2.34. The average Bonchev–Trinajstić information content (AvgIpc) is 2.50. The van der Waals surface area contributed by atoms with Gasteiger partial charge < -0.3 is 10.1 Å². The molecule has 6 heteroatoms. The highest BCUT2D eigenvalue weighted by Crippen LogP contribution is 2.20. The van der Waals surface area contributed by atoms with Crippen LogP contribution in [0.15, 0.2) is 42.5 Å². The molecule has 3 N–H and O–H groups in total. The number of hydrogen-bond donors (Lipinski definition) is 3. The first kappa shape index (κ1) is 14.1.